The van der Waals surface area contributed by atoms with Crippen molar-refractivity contribution in [2.75, 3.05) is 32.1 Å². The highest BCUT2D eigenvalue weighted by atomic mass is 127. The molecule has 2 fully saturated rings. The molecule has 0 aromatic carbocycles. The average molecular weight is 523 g/mol. The zero-order valence-electron chi connectivity index (χ0n) is 16.2. The third-order valence-corrected chi connectivity index (χ3v) is 6.64. The van der Waals surface area contributed by atoms with Crippen molar-refractivity contribution in [2.45, 2.75) is 69.3 Å². The molecular weight excluding hydrogens is 490 g/mol. The monoisotopic (exact) mass is 523 g/mol. The fourth-order valence-electron chi connectivity index (χ4n) is 3.75. The van der Waals surface area contributed by atoms with Gasteiger partial charge in [-0.15, -0.1) is 24.0 Å². The molecule has 0 radical (unpaired) electrons. The number of halogens is 4. The third kappa shape index (κ3) is 8.16. The second kappa shape index (κ2) is 11.9. The number of ether oxygens (including phenoxy) is 1. The number of thioether (sulfide) groups is 1. The van der Waals surface area contributed by atoms with E-state index in [1.165, 1.54) is 0 Å². The van der Waals surface area contributed by atoms with Crippen LogP contribution in [0.1, 0.15) is 52.4 Å². The van der Waals surface area contributed by atoms with Gasteiger partial charge in [0, 0.05) is 30.5 Å². The van der Waals surface area contributed by atoms with Gasteiger partial charge in [-0.25, -0.2) is 0 Å². The van der Waals surface area contributed by atoms with Gasteiger partial charge in [0.15, 0.2) is 5.96 Å². The highest BCUT2D eigenvalue weighted by molar-refractivity contribution is 14.0. The quantitative estimate of drug-likeness (QED) is 0.304. The summed E-state index contributed by atoms with van der Waals surface area (Å²) in [5, 5.41) is 6.46. The maximum Gasteiger partial charge on any atom is 0.391 e. The molecule has 160 valence electrons. The second-order valence-electron chi connectivity index (χ2n) is 7.17. The fourth-order valence-corrected chi connectivity index (χ4v) is 4.98. The van der Waals surface area contributed by atoms with E-state index in [2.05, 4.69) is 17.6 Å². The van der Waals surface area contributed by atoms with E-state index >= 15 is 0 Å². The van der Waals surface area contributed by atoms with Crippen LogP contribution in [0.3, 0.4) is 0 Å². The van der Waals surface area contributed by atoms with Crippen LogP contribution in [0, 0.1) is 5.92 Å². The lowest BCUT2D eigenvalue weighted by Crippen LogP contribution is -2.47. The maximum atomic E-state index is 13.0. The Kier molecular flexibility index (Phi) is 11.1. The highest BCUT2D eigenvalue weighted by Gasteiger charge is 2.42. The predicted octanol–water partition coefficient (Wildman–Crippen LogP) is 4.58. The van der Waals surface area contributed by atoms with E-state index in [4.69, 9.17) is 9.73 Å². The summed E-state index contributed by atoms with van der Waals surface area (Å²) in [6.45, 7) is 6.98. The molecule has 0 aromatic rings. The van der Waals surface area contributed by atoms with Gasteiger partial charge < -0.3 is 15.4 Å². The first-order valence-corrected chi connectivity index (χ1v) is 10.7. The molecule has 27 heavy (non-hydrogen) atoms. The molecule has 1 heterocycles. The van der Waals surface area contributed by atoms with Gasteiger partial charge >= 0.3 is 6.18 Å². The summed E-state index contributed by atoms with van der Waals surface area (Å²) >= 11 is 1.92. The summed E-state index contributed by atoms with van der Waals surface area (Å²) in [5.74, 6) is 0.465. The Hall–Kier alpha value is 0.1000. The topological polar surface area (TPSA) is 45.7 Å². The molecular formula is C18H33F3IN3OS. The first-order chi connectivity index (χ1) is 12.4. The lowest BCUT2D eigenvalue weighted by atomic mass is 9.85. The van der Waals surface area contributed by atoms with Gasteiger partial charge in [0.1, 0.15) is 0 Å². The Morgan fingerprint density at radius 1 is 1.22 bits per heavy atom. The minimum atomic E-state index is -4.10. The van der Waals surface area contributed by atoms with Crippen molar-refractivity contribution >= 4 is 41.7 Å². The van der Waals surface area contributed by atoms with Gasteiger partial charge in [-0.1, -0.05) is 13.3 Å². The number of aliphatic imine (C=N–C) groups is 1. The van der Waals surface area contributed by atoms with Crippen LogP contribution in [0.4, 0.5) is 13.2 Å². The van der Waals surface area contributed by atoms with Crippen molar-refractivity contribution in [3.8, 4) is 0 Å². The van der Waals surface area contributed by atoms with E-state index in [1.54, 1.807) is 0 Å². The summed E-state index contributed by atoms with van der Waals surface area (Å²) in [5.41, 5.74) is 0. The third-order valence-electron chi connectivity index (χ3n) is 5.20. The van der Waals surface area contributed by atoms with Gasteiger partial charge in [0.25, 0.3) is 0 Å². The van der Waals surface area contributed by atoms with Gasteiger partial charge in [-0.3, -0.25) is 4.99 Å². The SMILES string of the molecule is CCNC(=NCC1(SCC)CCOCC1)NC1CCCC(C(F)(F)F)C1.I. The van der Waals surface area contributed by atoms with Crippen LogP contribution in [0.25, 0.3) is 0 Å². The molecule has 1 aliphatic carbocycles. The van der Waals surface area contributed by atoms with Crippen LogP contribution in [0.2, 0.25) is 0 Å². The predicted molar refractivity (Wildman–Crippen MR) is 117 cm³/mol. The van der Waals surface area contributed by atoms with Gasteiger partial charge in [-0.05, 0) is 44.8 Å². The van der Waals surface area contributed by atoms with Crippen LogP contribution in [0.15, 0.2) is 4.99 Å². The van der Waals surface area contributed by atoms with E-state index < -0.39 is 12.1 Å². The van der Waals surface area contributed by atoms with Crippen molar-refractivity contribution in [3.63, 3.8) is 0 Å². The van der Waals surface area contributed by atoms with Crippen LogP contribution in [-0.2, 0) is 4.74 Å². The lowest BCUT2D eigenvalue weighted by Gasteiger charge is -2.36. The lowest BCUT2D eigenvalue weighted by molar-refractivity contribution is -0.183. The smallest absolute Gasteiger partial charge is 0.381 e. The molecule has 2 rings (SSSR count). The van der Waals surface area contributed by atoms with Gasteiger partial charge in [0.05, 0.1) is 12.5 Å². The van der Waals surface area contributed by atoms with Gasteiger partial charge in [0.2, 0.25) is 0 Å². The standard InChI is InChI=1S/C18H32F3N3OS.HI/c1-3-22-16(23-13-17(26-4-2)8-10-25-11-9-17)24-15-7-5-6-14(12-15)18(19,20)21;/h14-15H,3-13H2,1-2H3,(H2,22,23,24);1H. The van der Waals surface area contributed by atoms with Crippen LogP contribution < -0.4 is 10.6 Å². The summed E-state index contributed by atoms with van der Waals surface area (Å²) in [6, 6.07) is -0.169. The Morgan fingerprint density at radius 3 is 2.52 bits per heavy atom. The molecule has 2 atom stereocenters. The first-order valence-electron chi connectivity index (χ1n) is 9.72. The van der Waals surface area contributed by atoms with Crippen LogP contribution in [0.5, 0.6) is 0 Å². The number of hydrogen-bond donors (Lipinski definition) is 2. The Labute approximate surface area is 182 Å². The average Bonchev–Trinajstić information content (AvgIpc) is 2.61. The van der Waals surface area contributed by atoms with E-state index in [-0.39, 0.29) is 47.6 Å². The first kappa shape index (κ1) is 25.1. The largest absolute Gasteiger partial charge is 0.391 e. The van der Waals surface area contributed by atoms with E-state index in [0.29, 0.717) is 25.5 Å². The second-order valence-corrected chi connectivity index (χ2v) is 8.90. The number of rotatable bonds is 6. The van der Waals surface area contributed by atoms with Crippen molar-refractivity contribution < 1.29 is 17.9 Å². The number of nitrogens with zero attached hydrogens (tertiary/aromatic N) is 1. The summed E-state index contributed by atoms with van der Waals surface area (Å²) in [4.78, 5) is 4.75. The Bertz CT molecular complexity index is 454. The Morgan fingerprint density at radius 2 is 1.93 bits per heavy atom. The van der Waals surface area contributed by atoms with Crippen LogP contribution >= 0.6 is 35.7 Å². The zero-order chi connectivity index (χ0) is 19.0. The van der Waals surface area contributed by atoms with E-state index in [0.717, 1.165) is 38.2 Å². The molecule has 2 unspecified atom stereocenters. The molecule has 1 saturated heterocycles. The Balaban J connectivity index is 0.00000364. The summed E-state index contributed by atoms with van der Waals surface area (Å²) in [7, 11) is 0. The molecule has 2 aliphatic rings. The summed E-state index contributed by atoms with van der Waals surface area (Å²) < 4.78 is 44.7. The molecule has 0 amide bonds. The van der Waals surface area contributed by atoms with Crippen molar-refractivity contribution in [2.24, 2.45) is 10.9 Å². The molecule has 2 N–H and O–H groups in total. The minimum Gasteiger partial charge on any atom is -0.381 e. The van der Waals surface area contributed by atoms with Crippen molar-refractivity contribution in [1.82, 2.24) is 10.6 Å². The fraction of sp³-hybridized carbons (Fsp3) is 0.944. The molecule has 4 nitrogen and oxygen atoms in total. The summed E-state index contributed by atoms with van der Waals surface area (Å²) in [6.07, 6.45) is -0.419. The molecule has 0 aromatic heterocycles. The molecule has 9 heteroatoms. The number of nitrogens with one attached hydrogen (secondary N) is 2. The molecule has 0 spiro atoms. The number of alkyl halides is 3. The normalized spacial score (nSPS) is 26.2. The molecule has 0 bridgehead atoms. The van der Waals surface area contributed by atoms with Crippen molar-refractivity contribution in [1.29, 1.82) is 0 Å². The minimum absolute atomic E-state index is 0. The maximum absolute atomic E-state index is 13.0. The molecule has 1 aliphatic heterocycles. The number of guanidine groups is 1. The van der Waals surface area contributed by atoms with E-state index in [9.17, 15) is 13.2 Å². The number of hydrogen-bond acceptors (Lipinski definition) is 3. The highest BCUT2D eigenvalue weighted by Crippen LogP contribution is 2.38. The zero-order valence-corrected chi connectivity index (χ0v) is 19.4. The van der Waals surface area contributed by atoms with Crippen LogP contribution in [-0.4, -0.2) is 55.0 Å². The molecule has 1 saturated carbocycles. The van der Waals surface area contributed by atoms with E-state index in [1.807, 2.05) is 18.7 Å². The van der Waals surface area contributed by atoms with Gasteiger partial charge in [-0.2, -0.15) is 24.9 Å². The van der Waals surface area contributed by atoms with Crippen molar-refractivity contribution in [3.05, 3.63) is 0 Å².